The molecule has 102 valence electrons. The van der Waals surface area contributed by atoms with Crippen LogP contribution < -0.4 is 20.9 Å². The SMILES string of the molecule is C1=c2ccccc2=CN2C=c3c(ccc4ccccc34)=CB12. The normalized spacial score (nSPS) is 14.7. The monoisotopic (exact) mass is 279 g/mol. The molecule has 1 nitrogen and oxygen atoms in total. The summed E-state index contributed by atoms with van der Waals surface area (Å²) in [6.07, 6.45) is 4.54. The zero-order valence-electron chi connectivity index (χ0n) is 12.1. The van der Waals surface area contributed by atoms with Crippen LogP contribution in [-0.2, 0) is 0 Å². The first-order valence-electron chi connectivity index (χ1n) is 7.66. The first-order valence-corrected chi connectivity index (χ1v) is 7.66. The van der Waals surface area contributed by atoms with Gasteiger partial charge in [0.15, 0.2) is 0 Å². The molecule has 0 radical (unpaired) electrons. The van der Waals surface area contributed by atoms with Gasteiger partial charge in [0.2, 0.25) is 0 Å². The number of rotatable bonds is 0. The Hall–Kier alpha value is -2.74. The molecule has 2 heterocycles. The molecule has 3 aromatic carbocycles. The summed E-state index contributed by atoms with van der Waals surface area (Å²) >= 11 is 0. The van der Waals surface area contributed by atoms with E-state index in [2.05, 4.69) is 89.8 Å². The summed E-state index contributed by atoms with van der Waals surface area (Å²) in [6, 6.07) is 21.6. The summed E-state index contributed by atoms with van der Waals surface area (Å²) in [5.74, 6) is 4.69. The van der Waals surface area contributed by atoms with Gasteiger partial charge in [-0.1, -0.05) is 72.6 Å². The number of hydrogen-bond donors (Lipinski definition) is 0. The van der Waals surface area contributed by atoms with Crippen molar-refractivity contribution in [1.82, 2.24) is 4.81 Å². The van der Waals surface area contributed by atoms with E-state index in [1.54, 1.807) is 0 Å². The number of nitrogens with zero attached hydrogens (tertiary/aromatic N) is 1. The van der Waals surface area contributed by atoms with Gasteiger partial charge in [-0.2, -0.15) is 0 Å². The fraction of sp³-hybridized carbons (Fsp3) is 0. The van der Waals surface area contributed by atoms with Crippen LogP contribution in [0.15, 0.2) is 60.7 Å². The van der Waals surface area contributed by atoms with Crippen molar-refractivity contribution in [3.63, 3.8) is 0 Å². The van der Waals surface area contributed by atoms with Crippen molar-refractivity contribution in [3.05, 3.63) is 81.5 Å². The molecule has 0 saturated heterocycles. The van der Waals surface area contributed by atoms with Crippen molar-refractivity contribution in [2.24, 2.45) is 0 Å². The largest absolute Gasteiger partial charge is 0.389 e. The zero-order valence-corrected chi connectivity index (χ0v) is 12.1. The predicted octanol–water partition coefficient (Wildman–Crippen LogP) is 0.976. The quantitative estimate of drug-likeness (QED) is 0.554. The van der Waals surface area contributed by atoms with Crippen molar-refractivity contribution in [1.29, 1.82) is 0 Å². The van der Waals surface area contributed by atoms with Crippen LogP contribution in [0.2, 0.25) is 0 Å². The Balaban J connectivity index is 1.85. The molecule has 3 aromatic rings. The van der Waals surface area contributed by atoms with Crippen LogP contribution >= 0.6 is 0 Å². The predicted molar refractivity (Wildman–Crippen MR) is 94.3 cm³/mol. The molecule has 0 atom stereocenters. The fourth-order valence-corrected chi connectivity index (χ4v) is 3.49. The minimum absolute atomic E-state index is 0.309. The molecular formula is C20H14BN. The second-order valence-corrected chi connectivity index (χ2v) is 5.95. The Morgan fingerprint density at radius 1 is 0.636 bits per heavy atom. The maximum atomic E-state index is 2.36. The van der Waals surface area contributed by atoms with Crippen LogP contribution in [0.25, 0.3) is 35.1 Å². The van der Waals surface area contributed by atoms with Crippen molar-refractivity contribution < 1.29 is 0 Å². The van der Waals surface area contributed by atoms with E-state index in [1.807, 2.05) is 0 Å². The maximum absolute atomic E-state index is 2.36. The van der Waals surface area contributed by atoms with E-state index in [9.17, 15) is 0 Å². The van der Waals surface area contributed by atoms with Gasteiger partial charge in [-0.25, -0.2) is 0 Å². The molecule has 0 N–H and O–H groups in total. The van der Waals surface area contributed by atoms with Crippen molar-refractivity contribution in [3.8, 4) is 0 Å². The molecule has 0 bridgehead atoms. The molecule has 2 heteroatoms. The molecule has 5 rings (SSSR count). The summed E-state index contributed by atoms with van der Waals surface area (Å²) in [5.41, 5.74) is 0. The van der Waals surface area contributed by atoms with Crippen LogP contribution in [0.3, 0.4) is 0 Å². The Labute approximate surface area is 128 Å². The Bertz CT molecular complexity index is 1140. The molecule has 0 amide bonds. The summed E-state index contributed by atoms with van der Waals surface area (Å²) in [5, 5.41) is 7.86. The lowest BCUT2D eigenvalue weighted by Gasteiger charge is -2.25. The highest BCUT2D eigenvalue weighted by Crippen LogP contribution is 2.11. The third kappa shape index (κ3) is 1.67. The highest BCUT2D eigenvalue weighted by atomic mass is 15.0. The summed E-state index contributed by atoms with van der Waals surface area (Å²) in [7, 11) is 0. The number of fused-ring (bicyclic) bond motifs is 5. The second kappa shape index (κ2) is 4.38. The van der Waals surface area contributed by atoms with E-state index in [-0.39, 0.29) is 0 Å². The topological polar surface area (TPSA) is 3.24 Å². The van der Waals surface area contributed by atoms with Gasteiger partial charge in [0, 0.05) is 5.22 Å². The number of hydrogen-bond acceptors (Lipinski definition) is 1. The molecule has 0 aromatic heterocycles. The van der Waals surface area contributed by atoms with Gasteiger partial charge in [0.1, 0.15) is 0 Å². The molecule has 2 aliphatic rings. The molecule has 0 aliphatic carbocycles. The zero-order chi connectivity index (χ0) is 14.5. The van der Waals surface area contributed by atoms with Gasteiger partial charge >= 0.3 is 6.85 Å². The average Bonchev–Trinajstić information content (AvgIpc) is 2.58. The van der Waals surface area contributed by atoms with Gasteiger partial charge in [-0.05, 0) is 38.8 Å². The molecule has 22 heavy (non-hydrogen) atoms. The van der Waals surface area contributed by atoms with Crippen LogP contribution in [0, 0.1) is 0 Å². The van der Waals surface area contributed by atoms with E-state index in [0.717, 1.165) is 0 Å². The molecule has 2 aliphatic heterocycles. The minimum atomic E-state index is 0.309. The standard InChI is InChI=1S/C20H14BN/c1-2-7-18-13-22-14-20-17(12-21(22)11-16(18)6-1)10-9-15-5-3-4-8-19(15)20/h1-14H. The number of benzene rings is 3. The third-order valence-electron chi connectivity index (χ3n) is 4.61. The van der Waals surface area contributed by atoms with Crippen LogP contribution in [0.5, 0.6) is 0 Å². The lowest BCUT2D eigenvalue weighted by atomic mass is 9.57. The van der Waals surface area contributed by atoms with Gasteiger partial charge in [0.05, 0.1) is 0 Å². The van der Waals surface area contributed by atoms with Crippen molar-refractivity contribution >= 4 is 42.0 Å². The summed E-state index contributed by atoms with van der Waals surface area (Å²) in [6.45, 7) is 0.309. The van der Waals surface area contributed by atoms with Gasteiger partial charge in [-0.15, -0.1) is 0 Å². The van der Waals surface area contributed by atoms with E-state index in [1.165, 1.54) is 31.6 Å². The van der Waals surface area contributed by atoms with Gasteiger partial charge in [0.25, 0.3) is 0 Å². The minimum Gasteiger partial charge on any atom is -0.389 e. The maximum Gasteiger partial charge on any atom is 0.313 e. The highest BCUT2D eigenvalue weighted by Gasteiger charge is 2.19. The summed E-state index contributed by atoms with van der Waals surface area (Å²) < 4.78 is 0. The molecule has 0 fully saturated rings. The van der Waals surface area contributed by atoms with E-state index in [4.69, 9.17) is 0 Å². The molecule has 0 unspecified atom stereocenters. The lowest BCUT2D eigenvalue weighted by Crippen LogP contribution is -2.47. The highest BCUT2D eigenvalue weighted by molar-refractivity contribution is 6.84. The first-order chi connectivity index (χ1) is 10.9. The average molecular weight is 279 g/mol. The molecule has 0 spiro atoms. The molecule has 0 saturated carbocycles. The van der Waals surface area contributed by atoms with E-state index < -0.39 is 0 Å². The van der Waals surface area contributed by atoms with Gasteiger partial charge < -0.3 is 4.81 Å². The van der Waals surface area contributed by atoms with E-state index in [0.29, 0.717) is 6.85 Å². The lowest BCUT2D eigenvalue weighted by molar-refractivity contribution is 0.930. The Morgan fingerprint density at radius 2 is 1.41 bits per heavy atom. The Kier molecular flexibility index (Phi) is 2.36. The third-order valence-corrected chi connectivity index (χ3v) is 4.61. The smallest absolute Gasteiger partial charge is 0.313 e. The van der Waals surface area contributed by atoms with Crippen molar-refractivity contribution in [2.45, 2.75) is 0 Å². The van der Waals surface area contributed by atoms with Gasteiger partial charge in [-0.3, -0.25) is 0 Å². The summed E-state index contributed by atoms with van der Waals surface area (Å²) in [4.78, 5) is 2.32. The first kappa shape index (κ1) is 11.9. The van der Waals surface area contributed by atoms with Crippen LogP contribution in [-0.4, -0.2) is 11.7 Å². The fourth-order valence-electron chi connectivity index (χ4n) is 3.49. The van der Waals surface area contributed by atoms with Crippen LogP contribution in [0.4, 0.5) is 0 Å². The molecular weight excluding hydrogens is 265 g/mol. The Morgan fingerprint density at radius 3 is 2.36 bits per heavy atom. The van der Waals surface area contributed by atoms with Crippen molar-refractivity contribution in [2.75, 3.05) is 0 Å². The van der Waals surface area contributed by atoms with E-state index >= 15 is 0 Å². The second-order valence-electron chi connectivity index (χ2n) is 5.95. The van der Waals surface area contributed by atoms with Crippen LogP contribution in [0.1, 0.15) is 0 Å².